The van der Waals surface area contributed by atoms with Crippen LogP contribution in [0, 0.1) is 10.1 Å². The molecule has 1 saturated heterocycles. The van der Waals surface area contributed by atoms with Gasteiger partial charge < -0.3 is 20.4 Å². The van der Waals surface area contributed by atoms with E-state index in [4.69, 9.17) is 11.6 Å². The molecular weight excluding hydrogens is 398 g/mol. The number of hydrogen-bond acceptors (Lipinski definition) is 5. The Morgan fingerprint density at radius 1 is 1.03 bits per heavy atom. The van der Waals surface area contributed by atoms with Gasteiger partial charge in [0.15, 0.2) is 0 Å². The van der Waals surface area contributed by atoms with Crippen LogP contribution in [0.2, 0.25) is 5.02 Å². The first-order chi connectivity index (χ1) is 13.8. The number of rotatable bonds is 4. The van der Waals surface area contributed by atoms with Crippen LogP contribution in [-0.2, 0) is 4.79 Å². The number of anilines is 3. The van der Waals surface area contributed by atoms with Gasteiger partial charge in [-0.1, -0.05) is 11.6 Å². The minimum absolute atomic E-state index is 0.0492. The maximum Gasteiger partial charge on any atom is 0.322 e. The fraction of sp³-hybridized carbons (Fsp3) is 0.263. The third kappa shape index (κ3) is 5.14. The highest BCUT2D eigenvalue weighted by atomic mass is 35.5. The molecule has 1 heterocycles. The third-order valence-electron chi connectivity index (χ3n) is 4.52. The number of nitrogens with zero attached hydrogens (tertiary/aromatic N) is 3. The number of carbonyl (C=O) groups is 2. The number of amides is 3. The number of benzene rings is 2. The van der Waals surface area contributed by atoms with Gasteiger partial charge in [0.25, 0.3) is 5.69 Å². The largest absolute Gasteiger partial charge is 0.368 e. The van der Waals surface area contributed by atoms with Gasteiger partial charge in [0.2, 0.25) is 5.91 Å². The maximum atomic E-state index is 12.5. The fourth-order valence-electron chi connectivity index (χ4n) is 3.04. The summed E-state index contributed by atoms with van der Waals surface area (Å²) in [4.78, 5) is 37.7. The molecule has 3 amide bonds. The average Bonchev–Trinajstić information content (AvgIpc) is 2.70. The number of nitro benzene ring substituents is 1. The summed E-state index contributed by atoms with van der Waals surface area (Å²) in [6.07, 6.45) is 0. The van der Waals surface area contributed by atoms with Gasteiger partial charge in [0.1, 0.15) is 0 Å². The molecule has 0 saturated carbocycles. The number of hydrogen-bond donors (Lipinski definition) is 2. The minimum atomic E-state index is -0.431. The Labute approximate surface area is 172 Å². The summed E-state index contributed by atoms with van der Waals surface area (Å²) in [7, 11) is 0. The average molecular weight is 418 g/mol. The molecule has 0 bridgehead atoms. The number of piperazine rings is 1. The molecule has 0 atom stereocenters. The first kappa shape index (κ1) is 20.4. The number of non-ortho nitro benzene ring substituents is 1. The predicted octanol–water partition coefficient (Wildman–Crippen LogP) is 3.56. The molecular formula is C19H20ClN5O4. The second-order valence-electron chi connectivity index (χ2n) is 6.55. The Hall–Kier alpha value is -3.33. The molecule has 1 aliphatic rings. The van der Waals surface area contributed by atoms with E-state index < -0.39 is 4.92 Å². The summed E-state index contributed by atoms with van der Waals surface area (Å²) in [6, 6.07) is 11.0. The molecule has 0 spiro atoms. The van der Waals surface area contributed by atoms with Crippen LogP contribution in [0.1, 0.15) is 6.92 Å². The maximum absolute atomic E-state index is 12.5. The van der Waals surface area contributed by atoms with E-state index in [2.05, 4.69) is 15.5 Å². The highest BCUT2D eigenvalue weighted by Gasteiger charge is 2.22. The highest BCUT2D eigenvalue weighted by molar-refractivity contribution is 6.34. The van der Waals surface area contributed by atoms with Gasteiger partial charge in [-0.3, -0.25) is 14.9 Å². The molecule has 1 aliphatic heterocycles. The zero-order chi connectivity index (χ0) is 21.0. The zero-order valence-electron chi connectivity index (χ0n) is 15.7. The van der Waals surface area contributed by atoms with E-state index in [9.17, 15) is 19.7 Å². The molecule has 1 fully saturated rings. The monoisotopic (exact) mass is 417 g/mol. The van der Waals surface area contributed by atoms with Crippen LogP contribution >= 0.6 is 11.6 Å². The van der Waals surface area contributed by atoms with Crippen LogP contribution in [0.15, 0.2) is 42.5 Å². The van der Waals surface area contributed by atoms with Crippen molar-refractivity contribution < 1.29 is 14.5 Å². The minimum Gasteiger partial charge on any atom is -0.368 e. The topological polar surface area (TPSA) is 108 Å². The molecule has 0 unspecified atom stereocenters. The first-order valence-corrected chi connectivity index (χ1v) is 9.34. The van der Waals surface area contributed by atoms with Crippen molar-refractivity contribution in [2.75, 3.05) is 41.7 Å². The Balaban J connectivity index is 1.56. The Bertz CT molecular complexity index is 927. The van der Waals surface area contributed by atoms with Crippen molar-refractivity contribution in [3.8, 4) is 0 Å². The molecule has 0 aliphatic carbocycles. The van der Waals surface area contributed by atoms with E-state index in [0.717, 1.165) is 5.69 Å². The first-order valence-electron chi connectivity index (χ1n) is 8.96. The van der Waals surface area contributed by atoms with Gasteiger partial charge in [-0.25, -0.2) is 4.79 Å². The van der Waals surface area contributed by atoms with Crippen molar-refractivity contribution >= 4 is 46.3 Å². The van der Waals surface area contributed by atoms with E-state index in [1.807, 2.05) is 0 Å². The van der Waals surface area contributed by atoms with Crippen LogP contribution < -0.4 is 15.5 Å². The second kappa shape index (κ2) is 8.78. The number of nitro groups is 1. The van der Waals surface area contributed by atoms with Crippen molar-refractivity contribution in [3.63, 3.8) is 0 Å². The number of urea groups is 1. The molecule has 0 radical (unpaired) electrons. The van der Waals surface area contributed by atoms with Crippen LogP contribution in [0.25, 0.3) is 0 Å². The van der Waals surface area contributed by atoms with Crippen molar-refractivity contribution in [1.82, 2.24) is 4.90 Å². The molecule has 3 rings (SSSR count). The lowest BCUT2D eigenvalue weighted by atomic mass is 10.2. The number of halogens is 1. The normalized spacial score (nSPS) is 13.7. The Morgan fingerprint density at radius 3 is 2.24 bits per heavy atom. The Morgan fingerprint density at radius 2 is 1.69 bits per heavy atom. The second-order valence-corrected chi connectivity index (χ2v) is 6.96. The molecule has 2 N–H and O–H groups in total. The Kier molecular flexibility index (Phi) is 6.18. The van der Waals surface area contributed by atoms with Gasteiger partial charge >= 0.3 is 6.03 Å². The van der Waals surface area contributed by atoms with Crippen LogP contribution in [-0.4, -0.2) is 47.9 Å². The van der Waals surface area contributed by atoms with Crippen molar-refractivity contribution in [2.45, 2.75) is 6.92 Å². The number of carbonyl (C=O) groups excluding carboxylic acids is 2. The van der Waals surface area contributed by atoms with Gasteiger partial charge in [-0.2, -0.15) is 0 Å². The SMILES string of the molecule is CC(=O)Nc1ccc(NC(=O)N2CCN(c3ccc([N+](=O)[O-])cc3)CC2)c(Cl)c1. The zero-order valence-corrected chi connectivity index (χ0v) is 16.5. The molecule has 0 aromatic heterocycles. The summed E-state index contributed by atoms with van der Waals surface area (Å²) < 4.78 is 0. The standard InChI is InChI=1S/C19H20ClN5O4/c1-13(26)21-14-2-7-18(17(20)12-14)22-19(27)24-10-8-23(9-11-24)15-3-5-16(6-4-15)25(28)29/h2-7,12H,8-11H2,1H3,(H,21,26)(H,22,27). The summed E-state index contributed by atoms with van der Waals surface area (Å²) >= 11 is 6.19. The van der Waals surface area contributed by atoms with Gasteiger partial charge in [0, 0.05) is 56.6 Å². The molecule has 152 valence electrons. The molecule has 2 aromatic carbocycles. The van der Waals surface area contributed by atoms with Crippen molar-refractivity contribution in [1.29, 1.82) is 0 Å². The number of nitrogens with one attached hydrogen (secondary N) is 2. The van der Waals surface area contributed by atoms with Crippen LogP contribution in [0.5, 0.6) is 0 Å². The lowest BCUT2D eigenvalue weighted by Crippen LogP contribution is -2.50. The smallest absolute Gasteiger partial charge is 0.322 e. The van der Waals surface area contributed by atoms with E-state index >= 15 is 0 Å². The van der Waals surface area contributed by atoms with Crippen molar-refractivity contribution in [3.05, 3.63) is 57.6 Å². The van der Waals surface area contributed by atoms with E-state index in [-0.39, 0.29) is 17.6 Å². The summed E-state index contributed by atoms with van der Waals surface area (Å²) in [5.74, 6) is -0.205. The fourth-order valence-corrected chi connectivity index (χ4v) is 3.27. The van der Waals surface area contributed by atoms with Crippen LogP contribution in [0.4, 0.5) is 27.5 Å². The summed E-state index contributed by atoms with van der Waals surface area (Å²) in [5.41, 5.74) is 1.95. The van der Waals surface area contributed by atoms with Gasteiger partial charge in [-0.05, 0) is 30.3 Å². The predicted molar refractivity (Wildman–Crippen MR) is 112 cm³/mol. The van der Waals surface area contributed by atoms with E-state index in [1.165, 1.54) is 19.1 Å². The summed E-state index contributed by atoms with van der Waals surface area (Å²) in [5, 5.41) is 16.5. The van der Waals surface area contributed by atoms with Crippen molar-refractivity contribution in [2.24, 2.45) is 0 Å². The quantitative estimate of drug-likeness (QED) is 0.584. The van der Waals surface area contributed by atoms with Gasteiger partial charge in [0.05, 0.1) is 15.6 Å². The molecule has 29 heavy (non-hydrogen) atoms. The molecule has 10 heteroatoms. The third-order valence-corrected chi connectivity index (χ3v) is 4.84. The summed E-state index contributed by atoms with van der Waals surface area (Å²) in [6.45, 7) is 3.63. The molecule has 9 nitrogen and oxygen atoms in total. The van der Waals surface area contributed by atoms with Gasteiger partial charge in [-0.15, -0.1) is 0 Å². The lowest BCUT2D eigenvalue weighted by molar-refractivity contribution is -0.384. The van der Waals surface area contributed by atoms with E-state index in [0.29, 0.717) is 42.6 Å². The molecule has 2 aromatic rings. The lowest BCUT2D eigenvalue weighted by Gasteiger charge is -2.36. The highest BCUT2D eigenvalue weighted by Crippen LogP contribution is 2.26. The van der Waals surface area contributed by atoms with E-state index in [1.54, 1.807) is 35.2 Å². The van der Waals surface area contributed by atoms with Crippen LogP contribution in [0.3, 0.4) is 0 Å².